The molecule has 0 aromatic carbocycles. The molecule has 0 saturated carbocycles. The minimum Gasteiger partial charge on any atom is -0.462 e. The average Bonchev–Trinajstić information content (AvgIpc) is 2.17. The van der Waals surface area contributed by atoms with Crippen molar-refractivity contribution in [3.63, 3.8) is 0 Å². The predicted octanol–water partition coefficient (Wildman–Crippen LogP) is 27.3. The topological polar surface area (TPSA) is 134 Å². The Hall–Kier alpha value is -4.11. The fourth-order valence-electron chi connectivity index (χ4n) is 11.4. The maximum Gasteiger partial charge on any atom is 0.472 e. The molecule has 0 aliphatic rings. The van der Waals surface area contributed by atoms with Gasteiger partial charge in [-0.1, -0.05) is 378 Å². The molecule has 97 heavy (non-hydrogen) atoms. The van der Waals surface area contributed by atoms with Gasteiger partial charge in [-0.2, -0.15) is 0 Å². The van der Waals surface area contributed by atoms with E-state index in [0.717, 1.165) is 116 Å². The second kappa shape index (κ2) is 80.9. The minimum absolute atomic E-state index is 0.0505. The average molecular weight is 1370 g/mol. The normalized spacial score (nSPS) is 13.6. The van der Waals surface area contributed by atoms with Crippen LogP contribution >= 0.6 is 7.82 Å². The van der Waals surface area contributed by atoms with Crippen LogP contribution in [0.25, 0.3) is 0 Å². The summed E-state index contributed by atoms with van der Waals surface area (Å²) < 4.78 is 33.3. The Kier molecular flexibility index (Phi) is 77.4. The molecule has 0 spiro atoms. The fraction of sp³-hybridized carbons (Fsp3) is 0.701. The van der Waals surface area contributed by atoms with E-state index in [2.05, 4.69) is 160 Å². The molecule has 9 nitrogen and oxygen atoms in total. The first kappa shape index (κ1) is 92.9. The molecule has 3 N–H and O–H groups in total. The van der Waals surface area contributed by atoms with Crippen LogP contribution in [0.4, 0.5) is 0 Å². The van der Waals surface area contributed by atoms with Crippen molar-refractivity contribution in [2.45, 2.75) is 367 Å². The van der Waals surface area contributed by atoms with Gasteiger partial charge >= 0.3 is 19.8 Å². The molecule has 0 aliphatic heterocycles. The number of carbonyl (C=O) groups is 2. The molecular formula is C87H150NO8P. The third kappa shape index (κ3) is 80.8. The van der Waals surface area contributed by atoms with Gasteiger partial charge in [-0.15, -0.1) is 0 Å². The Labute approximate surface area is 598 Å². The van der Waals surface area contributed by atoms with E-state index in [1.165, 1.54) is 212 Å². The molecule has 0 aliphatic carbocycles. The van der Waals surface area contributed by atoms with Crippen LogP contribution in [0.3, 0.4) is 0 Å². The van der Waals surface area contributed by atoms with Crippen LogP contribution in [-0.4, -0.2) is 49.3 Å². The molecule has 0 saturated heterocycles. The van der Waals surface area contributed by atoms with Gasteiger partial charge in [0.15, 0.2) is 6.10 Å². The summed E-state index contributed by atoms with van der Waals surface area (Å²) in [4.78, 5) is 35.5. The Morgan fingerprint density at radius 2 is 0.536 bits per heavy atom. The number of nitrogens with two attached hydrogens (primary N) is 1. The summed E-state index contributed by atoms with van der Waals surface area (Å²) in [5.74, 6) is -0.817. The van der Waals surface area contributed by atoms with Crippen LogP contribution in [0.2, 0.25) is 0 Å². The Bertz CT molecular complexity index is 2110. The first-order valence-corrected chi connectivity index (χ1v) is 41.8. The quantitative estimate of drug-likeness (QED) is 0.0264. The van der Waals surface area contributed by atoms with Crippen molar-refractivity contribution in [3.8, 4) is 0 Å². The number of rotatable bonds is 75. The number of ether oxygens (including phenoxy) is 2. The molecule has 556 valence electrons. The molecule has 10 heteroatoms. The summed E-state index contributed by atoms with van der Waals surface area (Å²) in [5, 5.41) is 0. The van der Waals surface area contributed by atoms with E-state index in [0.29, 0.717) is 6.42 Å². The molecule has 0 heterocycles. The van der Waals surface area contributed by atoms with E-state index in [1.807, 2.05) is 0 Å². The first-order valence-electron chi connectivity index (χ1n) is 40.3. The Morgan fingerprint density at radius 1 is 0.309 bits per heavy atom. The highest BCUT2D eigenvalue weighted by Crippen LogP contribution is 2.43. The summed E-state index contributed by atoms with van der Waals surface area (Å²) in [6, 6.07) is 0. The van der Waals surface area contributed by atoms with E-state index < -0.39 is 26.5 Å². The van der Waals surface area contributed by atoms with Crippen LogP contribution < -0.4 is 5.73 Å². The summed E-state index contributed by atoms with van der Waals surface area (Å²) >= 11 is 0. The smallest absolute Gasteiger partial charge is 0.462 e. The van der Waals surface area contributed by atoms with E-state index in [1.54, 1.807) is 0 Å². The molecule has 0 radical (unpaired) electrons. The summed E-state index contributed by atoms with van der Waals surface area (Å²) in [6.45, 7) is 3.55. The van der Waals surface area contributed by atoms with Crippen LogP contribution in [0.5, 0.6) is 0 Å². The van der Waals surface area contributed by atoms with Gasteiger partial charge < -0.3 is 20.1 Å². The SMILES string of the molecule is CC/C=C\C/C=C\C/C=C\C/C=C\C/C=C\C/C=C\C/C=C\CCCCCCCCCCCCCCCCCC(=O)OC(COC(=O)CCCCCCCCCCCCCCCCCCCCCCCCC/C=C\C/C=C\C/C=C\C/C=C\C/C=C\CC)COP(=O)(O)OCCN. The molecule has 2 unspecified atom stereocenters. The number of phosphoric ester groups is 1. The second-order valence-electron chi connectivity index (χ2n) is 26.5. The summed E-state index contributed by atoms with van der Waals surface area (Å²) in [5.41, 5.74) is 5.42. The predicted molar refractivity (Wildman–Crippen MR) is 422 cm³/mol. The zero-order chi connectivity index (χ0) is 70.0. The van der Waals surface area contributed by atoms with E-state index >= 15 is 0 Å². The van der Waals surface area contributed by atoms with E-state index in [9.17, 15) is 19.0 Å². The molecule has 0 bridgehead atoms. The third-order valence-corrected chi connectivity index (χ3v) is 18.2. The van der Waals surface area contributed by atoms with Crippen molar-refractivity contribution in [3.05, 3.63) is 146 Å². The van der Waals surface area contributed by atoms with Gasteiger partial charge in [0.1, 0.15) is 6.61 Å². The van der Waals surface area contributed by atoms with Gasteiger partial charge in [0, 0.05) is 19.4 Å². The van der Waals surface area contributed by atoms with Crippen LogP contribution in [0.15, 0.2) is 146 Å². The molecular weight excluding hydrogens is 1220 g/mol. The van der Waals surface area contributed by atoms with Crippen LogP contribution in [0, 0.1) is 0 Å². The highest BCUT2D eigenvalue weighted by molar-refractivity contribution is 7.47. The van der Waals surface area contributed by atoms with Gasteiger partial charge in [-0.3, -0.25) is 18.6 Å². The number of unbranched alkanes of at least 4 members (excludes halogenated alkanes) is 38. The first-order chi connectivity index (χ1) is 47.8. The lowest BCUT2D eigenvalue weighted by atomic mass is 10.0. The number of carbonyl (C=O) groups excluding carboxylic acids is 2. The van der Waals surface area contributed by atoms with E-state index in [-0.39, 0.29) is 38.6 Å². The van der Waals surface area contributed by atoms with Crippen molar-refractivity contribution in [1.82, 2.24) is 0 Å². The summed E-state index contributed by atoms with van der Waals surface area (Å²) in [7, 11) is -4.40. The Morgan fingerprint density at radius 3 is 0.794 bits per heavy atom. The van der Waals surface area contributed by atoms with Gasteiger partial charge in [-0.05, 0) is 116 Å². The maximum absolute atomic E-state index is 12.8. The number of esters is 2. The number of hydrogen-bond acceptors (Lipinski definition) is 8. The highest BCUT2D eigenvalue weighted by Gasteiger charge is 2.26. The number of allylic oxidation sites excluding steroid dienone is 24. The zero-order valence-corrected chi connectivity index (χ0v) is 63.7. The van der Waals surface area contributed by atoms with Gasteiger partial charge in [0.25, 0.3) is 0 Å². The van der Waals surface area contributed by atoms with Crippen molar-refractivity contribution >= 4 is 19.8 Å². The lowest BCUT2D eigenvalue weighted by Crippen LogP contribution is -2.29. The monoisotopic (exact) mass is 1370 g/mol. The fourth-order valence-corrected chi connectivity index (χ4v) is 12.1. The largest absolute Gasteiger partial charge is 0.472 e. The van der Waals surface area contributed by atoms with Crippen LogP contribution in [-0.2, 0) is 32.7 Å². The van der Waals surface area contributed by atoms with Gasteiger partial charge in [0.2, 0.25) is 0 Å². The summed E-state index contributed by atoms with van der Waals surface area (Å²) in [6.07, 6.45) is 117. The molecule has 0 amide bonds. The Balaban J connectivity index is 3.81. The standard InChI is InChI=1S/C87H150NO8P/c1-3-5-7-9-11-13-15-17-19-21-23-25-27-29-31-33-35-37-39-41-42-44-45-47-49-51-53-55-57-59-61-63-65-67-69-71-73-75-77-79-86(89)93-83-85(84-95-97(91,92)94-82-81-88)96-87(90)80-78-76-74-72-70-68-66-64-62-60-58-56-54-52-50-48-46-43-40-38-36-34-32-30-28-26-24-22-20-18-16-14-12-10-8-6-4-2/h5-8,11-14,17-20,23-26,29-32,36,38,43,46,85H,3-4,9-10,15-16,21-22,27-28,33-35,37,39-42,44-45,47-84,88H2,1-2H3,(H,91,92)/b7-5-,8-6-,13-11-,14-12-,19-17-,20-18-,25-23-,26-24-,31-29-,32-30-,38-36-,46-43-. The maximum atomic E-state index is 12.8. The number of phosphoric acid groups is 1. The van der Waals surface area contributed by atoms with E-state index in [4.69, 9.17) is 24.3 Å². The lowest BCUT2D eigenvalue weighted by molar-refractivity contribution is -0.161. The van der Waals surface area contributed by atoms with Crippen molar-refractivity contribution in [2.75, 3.05) is 26.4 Å². The van der Waals surface area contributed by atoms with Crippen LogP contribution in [0.1, 0.15) is 361 Å². The lowest BCUT2D eigenvalue weighted by Gasteiger charge is -2.19. The van der Waals surface area contributed by atoms with Crippen molar-refractivity contribution < 1.29 is 37.6 Å². The van der Waals surface area contributed by atoms with Crippen molar-refractivity contribution in [2.24, 2.45) is 5.73 Å². The minimum atomic E-state index is -4.40. The molecule has 2 atom stereocenters. The molecule has 0 aromatic heterocycles. The van der Waals surface area contributed by atoms with Crippen molar-refractivity contribution in [1.29, 1.82) is 0 Å². The molecule has 0 aromatic rings. The van der Waals surface area contributed by atoms with Gasteiger partial charge in [-0.25, -0.2) is 4.57 Å². The highest BCUT2D eigenvalue weighted by atomic mass is 31.2. The second-order valence-corrected chi connectivity index (χ2v) is 28.0. The van der Waals surface area contributed by atoms with Gasteiger partial charge in [0.05, 0.1) is 13.2 Å². The molecule has 0 rings (SSSR count). The molecule has 0 fully saturated rings. The number of hydrogen-bond donors (Lipinski definition) is 2. The zero-order valence-electron chi connectivity index (χ0n) is 62.8. The third-order valence-electron chi connectivity index (χ3n) is 17.2.